The Morgan fingerprint density at radius 2 is 2.26 bits per heavy atom. The van der Waals surface area contributed by atoms with Crippen LogP contribution in [0.1, 0.15) is 23.2 Å². The zero-order chi connectivity index (χ0) is 14.0. The van der Waals surface area contributed by atoms with Gasteiger partial charge in [0.15, 0.2) is 0 Å². The van der Waals surface area contributed by atoms with Crippen molar-refractivity contribution in [3.05, 3.63) is 34.6 Å². The second-order valence-corrected chi connectivity index (χ2v) is 5.53. The number of hydrogen-bond acceptors (Lipinski definition) is 2. The second kappa shape index (κ2) is 5.88. The second-order valence-electron chi connectivity index (χ2n) is 5.10. The Morgan fingerprint density at radius 3 is 2.95 bits per heavy atom. The minimum Gasteiger partial charge on any atom is -0.337 e. The van der Waals surface area contributed by atoms with Crippen molar-refractivity contribution in [3.8, 4) is 0 Å². The van der Waals surface area contributed by atoms with Gasteiger partial charge in [-0.15, -0.1) is 0 Å². The molecule has 3 nitrogen and oxygen atoms in total. The number of benzene rings is 1. The fraction of sp³-hybridized carbons (Fsp3) is 0.500. The van der Waals surface area contributed by atoms with Gasteiger partial charge >= 0.3 is 0 Å². The summed E-state index contributed by atoms with van der Waals surface area (Å²) in [7, 11) is 3.76. The summed E-state index contributed by atoms with van der Waals surface area (Å²) in [5, 5.41) is 0.374. The molecule has 5 heteroatoms. The van der Waals surface area contributed by atoms with Crippen molar-refractivity contribution in [1.29, 1.82) is 0 Å². The summed E-state index contributed by atoms with van der Waals surface area (Å²) in [5.74, 6) is -0.828. The van der Waals surface area contributed by atoms with Crippen LogP contribution in [0.5, 0.6) is 0 Å². The van der Waals surface area contributed by atoms with Gasteiger partial charge in [0.2, 0.25) is 0 Å². The molecular weight excluding hydrogens is 267 g/mol. The molecule has 1 fully saturated rings. The van der Waals surface area contributed by atoms with Crippen LogP contribution in [0.3, 0.4) is 0 Å². The van der Waals surface area contributed by atoms with Gasteiger partial charge in [-0.25, -0.2) is 4.39 Å². The van der Waals surface area contributed by atoms with Crippen LogP contribution in [0.4, 0.5) is 4.39 Å². The highest BCUT2D eigenvalue weighted by molar-refractivity contribution is 6.31. The van der Waals surface area contributed by atoms with Gasteiger partial charge in [-0.2, -0.15) is 0 Å². The number of rotatable bonds is 2. The van der Waals surface area contributed by atoms with Gasteiger partial charge in [-0.05, 0) is 44.6 Å². The molecule has 1 saturated heterocycles. The molecule has 0 aromatic heterocycles. The Hall–Kier alpha value is -1.13. The lowest BCUT2D eigenvalue weighted by atomic mass is 10.0. The number of halogens is 2. The lowest BCUT2D eigenvalue weighted by molar-refractivity contribution is 0.0639. The van der Waals surface area contributed by atoms with Gasteiger partial charge in [0.1, 0.15) is 5.82 Å². The maximum atomic E-state index is 13.7. The Balaban J connectivity index is 2.16. The van der Waals surface area contributed by atoms with Gasteiger partial charge in [-0.3, -0.25) is 4.79 Å². The quantitative estimate of drug-likeness (QED) is 0.833. The van der Waals surface area contributed by atoms with E-state index in [1.165, 1.54) is 18.2 Å². The summed E-state index contributed by atoms with van der Waals surface area (Å²) in [6, 6.07) is 4.20. The summed E-state index contributed by atoms with van der Waals surface area (Å²) in [6.45, 7) is 1.87. The summed E-state index contributed by atoms with van der Waals surface area (Å²) in [4.78, 5) is 16.1. The fourth-order valence-corrected chi connectivity index (χ4v) is 2.64. The standard InChI is InChI=1S/C14H18ClFN2O/c1-17-7-3-4-11(9-17)18(2)14(19)12-8-10(15)5-6-13(12)16/h5-6,8,11H,3-4,7,9H2,1-2H3. The van der Waals surface area contributed by atoms with E-state index >= 15 is 0 Å². The average molecular weight is 285 g/mol. The first kappa shape index (κ1) is 14.3. The highest BCUT2D eigenvalue weighted by Crippen LogP contribution is 2.20. The molecule has 0 N–H and O–H groups in total. The zero-order valence-corrected chi connectivity index (χ0v) is 12.0. The van der Waals surface area contributed by atoms with Crippen molar-refractivity contribution in [2.24, 2.45) is 0 Å². The minimum absolute atomic E-state index is 0.0447. The van der Waals surface area contributed by atoms with E-state index in [0.717, 1.165) is 25.9 Å². The normalized spacial score (nSPS) is 20.3. The number of carbonyl (C=O) groups is 1. The van der Waals surface area contributed by atoms with Gasteiger partial charge in [0.05, 0.1) is 5.56 Å². The number of nitrogens with zero attached hydrogens (tertiary/aromatic N) is 2. The molecule has 1 heterocycles. The number of amides is 1. The van der Waals surface area contributed by atoms with E-state index < -0.39 is 5.82 Å². The van der Waals surface area contributed by atoms with Crippen molar-refractivity contribution < 1.29 is 9.18 Å². The molecule has 1 unspecified atom stereocenters. The monoisotopic (exact) mass is 284 g/mol. The number of carbonyl (C=O) groups excluding carboxylic acids is 1. The van der Waals surface area contributed by atoms with Crippen molar-refractivity contribution in [3.63, 3.8) is 0 Å². The van der Waals surface area contributed by atoms with Crippen molar-refractivity contribution in [2.45, 2.75) is 18.9 Å². The topological polar surface area (TPSA) is 23.6 Å². The third-order valence-electron chi connectivity index (χ3n) is 3.63. The highest BCUT2D eigenvalue weighted by Gasteiger charge is 2.26. The van der Waals surface area contributed by atoms with Crippen LogP contribution in [-0.4, -0.2) is 48.9 Å². The molecule has 1 aromatic carbocycles. The number of likely N-dealkylation sites (N-methyl/N-ethyl adjacent to an activating group) is 2. The Kier molecular flexibility index (Phi) is 4.42. The maximum Gasteiger partial charge on any atom is 0.256 e. The first-order chi connectivity index (χ1) is 8.99. The van der Waals surface area contributed by atoms with Gasteiger partial charge < -0.3 is 9.80 Å². The SMILES string of the molecule is CN1CCCC(N(C)C(=O)c2cc(Cl)ccc2F)C1. The molecule has 19 heavy (non-hydrogen) atoms. The Morgan fingerprint density at radius 1 is 1.53 bits per heavy atom. The van der Waals surface area contributed by atoms with Crippen LogP contribution in [0.25, 0.3) is 0 Å². The van der Waals surface area contributed by atoms with Crippen molar-refractivity contribution in [2.75, 3.05) is 27.2 Å². The van der Waals surface area contributed by atoms with Crippen molar-refractivity contribution in [1.82, 2.24) is 9.80 Å². The molecule has 1 aromatic rings. The van der Waals surface area contributed by atoms with Crippen molar-refractivity contribution >= 4 is 17.5 Å². The molecule has 104 valence electrons. The Labute approximate surface area is 117 Å². The van der Waals surface area contributed by atoms with Crippen LogP contribution >= 0.6 is 11.6 Å². The minimum atomic E-state index is -0.523. The highest BCUT2D eigenvalue weighted by atomic mass is 35.5. The predicted molar refractivity (Wildman–Crippen MR) is 74.0 cm³/mol. The predicted octanol–water partition coefficient (Wildman–Crippen LogP) is 2.65. The van der Waals surface area contributed by atoms with E-state index in [4.69, 9.17) is 11.6 Å². The summed E-state index contributed by atoms with van der Waals surface area (Å²) >= 11 is 5.83. The first-order valence-electron chi connectivity index (χ1n) is 6.40. The molecule has 1 atom stereocenters. The zero-order valence-electron chi connectivity index (χ0n) is 11.2. The van der Waals surface area contributed by atoms with E-state index in [0.29, 0.717) is 5.02 Å². The molecule has 0 aliphatic carbocycles. The third kappa shape index (κ3) is 3.25. The summed E-state index contributed by atoms with van der Waals surface area (Å²) in [5.41, 5.74) is 0.0447. The first-order valence-corrected chi connectivity index (χ1v) is 6.77. The van der Waals surface area contributed by atoms with E-state index in [2.05, 4.69) is 4.90 Å². The molecule has 1 aliphatic heterocycles. The van der Waals surface area contributed by atoms with Gasteiger partial charge in [0.25, 0.3) is 5.91 Å². The summed E-state index contributed by atoms with van der Waals surface area (Å²) < 4.78 is 13.7. The van der Waals surface area contributed by atoms with E-state index in [-0.39, 0.29) is 17.5 Å². The Bertz CT molecular complexity index is 481. The molecule has 0 bridgehead atoms. The molecule has 0 saturated carbocycles. The lowest BCUT2D eigenvalue weighted by Crippen LogP contribution is -2.47. The molecular formula is C14H18ClFN2O. The largest absolute Gasteiger partial charge is 0.337 e. The third-order valence-corrected chi connectivity index (χ3v) is 3.86. The van der Waals surface area contributed by atoms with E-state index in [1.54, 1.807) is 11.9 Å². The van der Waals surface area contributed by atoms with Crippen LogP contribution in [0.2, 0.25) is 5.02 Å². The number of hydrogen-bond donors (Lipinski definition) is 0. The molecule has 0 radical (unpaired) electrons. The van der Waals surface area contributed by atoms with Crippen LogP contribution < -0.4 is 0 Å². The number of likely N-dealkylation sites (tertiary alicyclic amines) is 1. The van der Waals surface area contributed by atoms with Crippen LogP contribution in [0, 0.1) is 5.82 Å². The van der Waals surface area contributed by atoms with Crippen LogP contribution in [0.15, 0.2) is 18.2 Å². The van der Waals surface area contributed by atoms with Gasteiger partial charge in [0, 0.05) is 24.7 Å². The van der Waals surface area contributed by atoms with Gasteiger partial charge in [-0.1, -0.05) is 11.6 Å². The molecule has 2 rings (SSSR count). The smallest absolute Gasteiger partial charge is 0.256 e. The number of piperidine rings is 1. The van der Waals surface area contributed by atoms with E-state index in [9.17, 15) is 9.18 Å². The lowest BCUT2D eigenvalue weighted by Gasteiger charge is -2.35. The molecule has 1 aliphatic rings. The molecule has 1 amide bonds. The van der Waals surface area contributed by atoms with E-state index in [1.807, 2.05) is 7.05 Å². The van der Waals surface area contributed by atoms with Crippen LogP contribution in [-0.2, 0) is 0 Å². The fourth-order valence-electron chi connectivity index (χ4n) is 2.47. The summed E-state index contributed by atoms with van der Waals surface area (Å²) in [6.07, 6.45) is 2.01. The molecule has 0 spiro atoms. The maximum absolute atomic E-state index is 13.7. The average Bonchev–Trinajstić information content (AvgIpc) is 2.40.